The highest BCUT2D eigenvalue weighted by Gasteiger charge is 2.18. The van der Waals surface area contributed by atoms with E-state index in [2.05, 4.69) is 4.74 Å². The highest BCUT2D eigenvalue weighted by Crippen LogP contribution is 2.00. The van der Waals surface area contributed by atoms with Crippen LogP contribution in [-0.2, 0) is 19.6 Å². The van der Waals surface area contributed by atoms with Gasteiger partial charge in [0.15, 0.2) is 0 Å². The number of nitriles is 1. The largest absolute Gasteiger partial charge is 0.469 e. The van der Waals surface area contributed by atoms with E-state index in [1.165, 1.54) is 14.2 Å². The van der Waals surface area contributed by atoms with E-state index in [9.17, 15) is 13.2 Å². The molecule has 0 rings (SSSR count). The minimum atomic E-state index is -3.52. The molecule has 0 aliphatic heterocycles. The number of carbonyl (C=O) groups is 1. The molecule has 0 fully saturated rings. The van der Waals surface area contributed by atoms with Crippen molar-refractivity contribution in [2.24, 2.45) is 0 Å². The van der Waals surface area contributed by atoms with Crippen molar-refractivity contribution in [3.05, 3.63) is 0 Å². The lowest BCUT2D eigenvalue weighted by Crippen LogP contribution is -2.30. The van der Waals surface area contributed by atoms with Crippen molar-refractivity contribution in [2.75, 3.05) is 26.5 Å². The van der Waals surface area contributed by atoms with Crippen LogP contribution in [-0.4, -0.2) is 45.1 Å². The highest BCUT2D eigenvalue weighted by molar-refractivity contribution is 7.89. The van der Waals surface area contributed by atoms with Crippen LogP contribution in [0.25, 0.3) is 0 Å². The summed E-state index contributed by atoms with van der Waals surface area (Å²) in [6.07, 6.45) is -0.200. The lowest BCUT2D eigenvalue weighted by atomic mass is 10.5. The summed E-state index contributed by atoms with van der Waals surface area (Å²) < 4.78 is 27.8. The Morgan fingerprint density at radius 2 is 2.14 bits per heavy atom. The fraction of sp³-hybridized carbons (Fsp3) is 0.714. The lowest BCUT2D eigenvalue weighted by Gasteiger charge is -2.12. The predicted octanol–water partition coefficient (Wildman–Crippen LogP) is -0.665. The zero-order valence-electron chi connectivity index (χ0n) is 8.06. The van der Waals surface area contributed by atoms with Gasteiger partial charge in [-0.25, -0.2) is 8.42 Å². The van der Waals surface area contributed by atoms with Crippen LogP contribution in [0.5, 0.6) is 0 Å². The Hall–Kier alpha value is -1.13. The van der Waals surface area contributed by atoms with E-state index in [1.807, 2.05) is 0 Å². The van der Waals surface area contributed by atoms with Gasteiger partial charge >= 0.3 is 5.97 Å². The van der Waals surface area contributed by atoms with E-state index in [-0.39, 0.29) is 18.7 Å². The third kappa shape index (κ3) is 4.20. The molecular weight excluding hydrogens is 208 g/mol. The first-order valence-electron chi connectivity index (χ1n) is 3.82. The Morgan fingerprint density at radius 3 is 2.57 bits per heavy atom. The number of carbonyl (C=O) groups excluding carboxylic acids is 1. The number of hydrogen-bond donors (Lipinski definition) is 0. The summed E-state index contributed by atoms with van der Waals surface area (Å²) in [6, 6.07) is 1.71. The second kappa shape index (κ2) is 5.57. The van der Waals surface area contributed by atoms with Gasteiger partial charge in [-0.05, 0) is 0 Å². The molecule has 6 nitrogen and oxygen atoms in total. The average molecular weight is 220 g/mol. The van der Waals surface area contributed by atoms with Crippen LogP contribution < -0.4 is 0 Å². The minimum Gasteiger partial charge on any atom is -0.469 e. The summed E-state index contributed by atoms with van der Waals surface area (Å²) in [5.74, 6) is -0.920. The summed E-state index contributed by atoms with van der Waals surface area (Å²) in [5, 5.41) is 8.28. The molecule has 0 bridgehead atoms. The van der Waals surface area contributed by atoms with Gasteiger partial charge in [-0.15, -0.1) is 0 Å². The predicted molar refractivity (Wildman–Crippen MR) is 48.7 cm³/mol. The number of rotatable bonds is 5. The van der Waals surface area contributed by atoms with Gasteiger partial charge < -0.3 is 4.74 Å². The molecule has 0 saturated carbocycles. The van der Waals surface area contributed by atoms with Gasteiger partial charge in [0.25, 0.3) is 0 Å². The van der Waals surface area contributed by atoms with Crippen molar-refractivity contribution in [3.8, 4) is 6.07 Å². The number of sulfonamides is 1. The van der Waals surface area contributed by atoms with E-state index < -0.39 is 16.0 Å². The molecule has 0 radical (unpaired) electrons. The maximum absolute atomic E-state index is 11.3. The van der Waals surface area contributed by atoms with Gasteiger partial charge in [0.2, 0.25) is 10.0 Å². The fourth-order valence-corrected chi connectivity index (χ4v) is 1.66. The molecular formula is C7H12N2O4S. The molecule has 0 unspecified atom stereocenters. The van der Waals surface area contributed by atoms with Gasteiger partial charge in [-0.1, -0.05) is 0 Å². The average Bonchev–Trinajstić information content (AvgIpc) is 2.14. The molecule has 0 N–H and O–H groups in total. The Morgan fingerprint density at radius 1 is 1.57 bits per heavy atom. The number of ether oxygens (including phenoxy) is 1. The summed E-state index contributed by atoms with van der Waals surface area (Å²) in [7, 11) is -1.04. The first kappa shape index (κ1) is 12.9. The van der Waals surface area contributed by atoms with Crippen LogP contribution in [0, 0.1) is 11.3 Å². The van der Waals surface area contributed by atoms with Crippen LogP contribution in [0.3, 0.4) is 0 Å². The van der Waals surface area contributed by atoms with Gasteiger partial charge in [0.1, 0.15) is 6.54 Å². The topological polar surface area (TPSA) is 87.5 Å². The smallest absolute Gasteiger partial charge is 0.306 e. The third-order valence-electron chi connectivity index (χ3n) is 1.56. The molecule has 14 heavy (non-hydrogen) atoms. The van der Waals surface area contributed by atoms with Crippen LogP contribution in [0.4, 0.5) is 0 Å². The van der Waals surface area contributed by atoms with Gasteiger partial charge in [0, 0.05) is 7.05 Å². The van der Waals surface area contributed by atoms with Crippen molar-refractivity contribution >= 4 is 16.0 Å². The minimum absolute atomic E-state index is 0.200. The fourth-order valence-electron chi connectivity index (χ4n) is 0.668. The van der Waals surface area contributed by atoms with Crippen LogP contribution in [0.1, 0.15) is 6.42 Å². The van der Waals surface area contributed by atoms with E-state index in [0.717, 1.165) is 4.31 Å². The first-order valence-corrected chi connectivity index (χ1v) is 5.42. The number of esters is 1. The standard InChI is InChI=1S/C7H12N2O4S/c1-9(5-4-8)14(11,12)6-3-7(10)13-2/h3,5-6H2,1-2H3. The molecule has 0 atom stereocenters. The SMILES string of the molecule is COC(=O)CCS(=O)(=O)N(C)CC#N. The quantitative estimate of drug-likeness (QED) is 0.453. The molecule has 0 spiro atoms. The van der Waals surface area contributed by atoms with Crippen molar-refractivity contribution < 1.29 is 17.9 Å². The maximum Gasteiger partial charge on any atom is 0.306 e. The van der Waals surface area contributed by atoms with Crippen LogP contribution in [0.2, 0.25) is 0 Å². The zero-order valence-corrected chi connectivity index (χ0v) is 8.87. The molecule has 0 aromatic rings. The van der Waals surface area contributed by atoms with Crippen LogP contribution >= 0.6 is 0 Å². The molecule has 7 heteroatoms. The molecule has 0 aliphatic rings. The van der Waals surface area contributed by atoms with Crippen molar-refractivity contribution in [2.45, 2.75) is 6.42 Å². The number of nitrogens with zero attached hydrogens (tertiary/aromatic N) is 2. The van der Waals surface area contributed by atoms with Crippen molar-refractivity contribution in [1.82, 2.24) is 4.31 Å². The summed E-state index contributed by atoms with van der Waals surface area (Å²) >= 11 is 0. The Labute approximate surface area is 83.1 Å². The first-order chi connectivity index (χ1) is 6.44. The third-order valence-corrected chi connectivity index (χ3v) is 3.36. The van der Waals surface area contributed by atoms with Crippen molar-refractivity contribution in [3.63, 3.8) is 0 Å². The number of hydrogen-bond acceptors (Lipinski definition) is 5. The summed E-state index contributed by atoms with van der Waals surface area (Å²) in [5.41, 5.74) is 0. The van der Waals surface area contributed by atoms with Gasteiger partial charge in [-0.2, -0.15) is 9.57 Å². The van der Waals surface area contributed by atoms with E-state index in [4.69, 9.17) is 5.26 Å². The second-order valence-electron chi connectivity index (χ2n) is 2.56. The Bertz CT molecular complexity index is 330. The molecule has 0 heterocycles. The van der Waals surface area contributed by atoms with E-state index in [0.29, 0.717) is 0 Å². The van der Waals surface area contributed by atoms with E-state index >= 15 is 0 Å². The Balaban J connectivity index is 4.23. The van der Waals surface area contributed by atoms with E-state index in [1.54, 1.807) is 6.07 Å². The zero-order chi connectivity index (χ0) is 11.2. The molecule has 0 aromatic carbocycles. The molecule has 0 saturated heterocycles. The van der Waals surface area contributed by atoms with Crippen molar-refractivity contribution in [1.29, 1.82) is 5.26 Å². The van der Waals surface area contributed by atoms with Gasteiger partial charge in [0.05, 0.1) is 25.4 Å². The molecule has 80 valence electrons. The second-order valence-corrected chi connectivity index (χ2v) is 4.75. The summed E-state index contributed by atoms with van der Waals surface area (Å²) in [6.45, 7) is -0.219. The molecule has 0 amide bonds. The Kier molecular flexibility index (Phi) is 5.12. The monoisotopic (exact) mass is 220 g/mol. The maximum atomic E-state index is 11.3. The van der Waals surface area contributed by atoms with Crippen LogP contribution in [0.15, 0.2) is 0 Å². The number of methoxy groups -OCH3 is 1. The lowest BCUT2D eigenvalue weighted by molar-refractivity contribution is -0.140. The molecule has 0 aromatic heterocycles. The molecule has 0 aliphatic carbocycles. The van der Waals surface area contributed by atoms with Gasteiger partial charge in [-0.3, -0.25) is 4.79 Å². The summed E-state index contributed by atoms with van der Waals surface area (Å²) in [4.78, 5) is 10.7. The normalized spacial score (nSPS) is 11.0. The highest BCUT2D eigenvalue weighted by atomic mass is 32.2.